The topological polar surface area (TPSA) is 413 Å². The molecule has 10 heterocycles. The molecule has 33 heteroatoms. The summed E-state index contributed by atoms with van der Waals surface area (Å²) in [6.07, 6.45) is -5.41. The van der Waals surface area contributed by atoms with Gasteiger partial charge in [-0.15, -0.1) is 56.7 Å². The number of primary amides is 1. The highest BCUT2D eigenvalue weighted by molar-refractivity contribution is 7.14. The van der Waals surface area contributed by atoms with E-state index in [1.807, 2.05) is 0 Å². The summed E-state index contributed by atoms with van der Waals surface area (Å²) in [5, 5.41) is 55.1. The lowest BCUT2D eigenvalue weighted by Crippen LogP contribution is -2.52. The van der Waals surface area contributed by atoms with Gasteiger partial charge in [-0.25, -0.2) is 39.5 Å². The molecule has 85 heavy (non-hydrogen) atoms. The summed E-state index contributed by atoms with van der Waals surface area (Å²) in [5.41, 5.74) is 4.83. The largest absolute Gasteiger partial charge is 0.506 e. The molecule has 3 aliphatic heterocycles. The number of thiazole rings is 5. The molecule has 6 amide bonds. The van der Waals surface area contributed by atoms with E-state index in [0.717, 1.165) is 56.7 Å². The Hall–Kier alpha value is -9.22. The number of fused-ring (bicyclic) bond motifs is 15. The predicted octanol–water partition coefficient (Wildman–Crippen LogP) is 3.34. The quantitative estimate of drug-likeness (QED) is 0.0648. The maximum absolute atomic E-state index is 14.6. The molecular formula is C52H43N13O15S5. The molecule has 436 valence electrons. The number of cyclic esters (lactones) is 2. The minimum Gasteiger partial charge on any atom is -0.506 e. The summed E-state index contributed by atoms with van der Waals surface area (Å²) >= 11 is 4.56. The zero-order chi connectivity index (χ0) is 60.1. The van der Waals surface area contributed by atoms with Crippen LogP contribution in [0.25, 0.3) is 49.3 Å². The second-order valence-electron chi connectivity index (χ2n) is 18.8. The van der Waals surface area contributed by atoms with E-state index in [2.05, 4.69) is 58.1 Å². The van der Waals surface area contributed by atoms with E-state index in [0.29, 0.717) is 16.5 Å². The van der Waals surface area contributed by atoms with Crippen molar-refractivity contribution in [1.29, 1.82) is 0 Å². The van der Waals surface area contributed by atoms with Crippen molar-refractivity contribution in [3.05, 3.63) is 124 Å². The zero-order valence-electron chi connectivity index (χ0n) is 44.0. The first-order valence-corrected chi connectivity index (χ1v) is 29.4. The van der Waals surface area contributed by atoms with Gasteiger partial charge in [-0.2, -0.15) is 0 Å². The molecule has 7 aromatic heterocycles. The van der Waals surface area contributed by atoms with Gasteiger partial charge in [0.25, 0.3) is 29.5 Å². The van der Waals surface area contributed by atoms with Gasteiger partial charge in [-0.05, 0) is 31.5 Å². The van der Waals surface area contributed by atoms with Crippen LogP contribution in [0.1, 0.15) is 105 Å². The normalized spacial score (nSPS) is 20.3. The molecule has 1 aromatic carbocycles. The number of rotatable bonds is 6. The fraction of sp³-hybridized carbons (Fsp3) is 0.231. The number of methoxy groups -OCH3 is 1. The molecule has 28 nitrogen and oxygen atoms in total. The number of aromatic hydroxyl groups is 1. The van der Waals surface area contributed by atoms with Crippen LogP contribution in [0.3, 0.4) is 0 Å². The van der Waals surface area contributed by atoms with Gasteiger partial charge < -0.3 is 71.6 Å². The maximum Gasteiger partial charge on any atom is 0.355 e. The molecule has 0 aliphatic carbocycles. The summed E-state index contributed by atoms with van der Waals surface area (Å²) < 4.78 is 23.6. The monoisotopic (exact) mass is 1250 g/mol. The number of aliphatic hydroxyl groups is 2. The smallest absolute Gasteiger partial charge is 0.355 e. The third kappa shape index (κ3) is 11.4. The fourth-order valence-electron chi connectivity index (χ4n) is 8.96. The summed E-state index contributed by atoms with van der Waals surface area (Å²) in [6.45, 7) is 4.76. The van der Waals surface area contributed by atoms with Gasteiger partial charge in [0.15, 0.2) is 6.10 Å². The molecule has 11 N–H and O–H groups in total. The molecule has 0 saturated heterocycles. The highest BCUT2D eigenvalue weighted by atomic mass is 32.1. The molecule has 3 aliphatic rings. The van der Waals surface area contributed by atoms with E-state index in [4.69, 9.17) is 34.6 Å². The van der Waals surface area contributed by atoms with Crippen LogP contribution < -0.4 is 32.3 Å². The molecule has 0 fully saturated rings. The number of esters is 2. The van der Waals surface area contributed by atoms with Crippen molar-refractivity contribution < 1.29 is 72.6 Å². The number of carbonyl (C=O) groups is 8. The van der Waals surface area contributed by atoms with Crippen molar-refractivity contribution in [3.63, 3.8) is 0 Å². The molecule has 6 atom stereocenters. The standard InChI is InChI=1S/C52H43N13O15S5/c1-17(40(53)69)54-41(70)26-14-84-49(60-26)36-30(67)8-21-34(62-36)25-12-82-47(57-25)24-11-80-51(75)35-22-10-78-39(38(68)52(76)79-9-20-6-5-7-23(55-35)31(20)22)37(50-61-27(15-85-50)42(71)56-24)65-44(73)29-16-83-48(59-29)33(19(3)77-4)64-45(74)32(18(2)66)63-43(72)28-13-81-46(21)58-28/h5-8,12-16,18,24,32,37-39,55,66-68H,1,9-11H2,2-4H3,(H2,53,69)(H,54,70)(H,56,71)(H,63,72)(H,64,74)(H,65,73)/b33-19+/t18-,24+,32+,37+,38?,39+/m1/s1. The number of hydrogen-bond acceptors (Lipinski definition) is 26. The Morgan fingerprint density at radius 2 is 1.48 bits per heavy atom. The summed E-state index contributed by atoms with van der Waals surface area (Å²) in [4.78, 5) is 141. The van der Waals surface area contributed by atoms with Crippen LogP contribution in [0.4, 0.5) is 0 Å². The van der Waals surface area contributed by atoms with Gasteiger partial charge in [-0.3, -0.25) is 28.8 Å². The number of aliphatic hydroxyl groups excluding tert-OH is 2. The van der Waals surface area contributed by atoms with Crippen LogP contribution in [0.15, 0.2) is 69.2 Å². The number of pyridine rings is 1. The van der Waals surface area contributed by atoms with Crippen LogP contribution in [0.5, 0.6) is 5.75 Å². The second kappa shape index (κ2) is 23.4. The number of allylic oxidation sites excluding steroid dienone is 1. The lowest BCUT2D eigenvalue weighted by atomic mass is 10.0. The van der Waals surface area contributed by atoms with E-state index in [9.17, 15) is 53.7 Å². The number of benzene rings is 1. The number of nitrogens with one attached hydrogen (secondary N) is 6. The second-order valence-corrected chi connectivity index (χ2v) is 23.2. The van der Waals surface area contributed by atoms with E-state index >= 15 is 0 Å². The Labute approximate surface area is 497 Å². The average molecular weight is 1250 g/mol. The Bertz CT molecular complexity index is 4140. The van der Waals surface area contributed by atoms with Gasteiger partial charge in [0, 0.05) is 48.9 Å². The van der Waals surface area contributed by atoms with Crippen molar-refractivity contribution in [1.82, 2.24) is 61.5 Å². The number of hydrogen-bond donors (Lipinski definition) is 10. The lowest BCUT2D eigenvalue weighted by Gasteiger charge is -2.30. The number of ether oxygens (including phenoxy) is 4. The molecule has 0 saturated carbocycles. The molecule has 1 unspecified atom stereocenters. The first-order valence-electron chi connectivity index (χ1n) is 25.0. The van der Waals surface area contributed by atoms with Crippen LogP contribution >= 0.6 is 56.7 Å². The Morgan fingerprint density at radius 1 is 0.812 bits per heavy atom. The first kappa shape index (κ1) is 57.6. The third-order valence-electron chi connectivity index (χ3n) is 13.3. The average Bonchev–Trinajstić information content (AvgIpc) is 3.41. The predicted molar refractivity (Wildman–Crippen MR) is 303 cm³/mol. The molecule has 12 bridgehead atoms. The first-order chi connectivity index (χ1) is 40.7. The highest BCUT2D eigenvalue weighted by Gasteiger charge is 2.42. The summed E-state index contributed by atoms with van der Waals surface area (Å²) in [5.74, 6) is -7.94. The number of amides is 6. The SMILES string of the molecule is C=C(NC(=O)c1csc(-c2nc3c(cc2O)-c2nc(cs2)C(=O)N[C@@H]([C@@H](C)O)C(=O)N/C(=C(\C)OC)c2nc(cs2)C(=O)N[C@@H]2c4nc(cs4)C(=O)N[C@@H](COC(=O)c4[nH]c5cccc6c5c4CO[C@@H]2C(O)C(=O)OC6)c2nc-3cs2)n1)C(N)=O. The number of H-pyrrole nitrogens is 1. The number of carbonyl (C=O) groups excluding carboxylic acids is 8. The minimum atomic E-state index is -2.14. The van der Waals surface area contributed by atoms with E-state index in [-0.39, 0.29) is 99.8 Å². The Kier molecular flexibility index (Phi) is 15.9. The molecule has 0 spiro atoms. The van der Waals surface area contributed by atoms with Gasteiger partial charge >= 0.3 is 11.9 Å². The number of aromatic amines is 1. The van der Waals surface area contributed by atoms with Crippen LogP contribution in [0, 0.1) is 0 Å². The minimum absolute atomic E-state index is 0.00791. The zero-order valence-corrected chi connectivity index (χ0v) is 48.1. The molecule has 0 radical (unpaired) electrons. The van der Waals surface area contributed by atoms with Crippen LogP contribution in [0.2, 0.25) is 0 Å². The van der Waals surface area contributed by atoms with E-state index in [1.54, 1.807) is 23.6 Å². The van der Waals surface area contributed by atoms with Crippen molar-refractivity contribution in [2.24, 2.45) is 5.73 Å². The number of nitrogens with two attached hydrogens (primary N) is 1. The van der Waals surface area contributed by atoms with Gasteiger partial charge in [0.05, 0.1) is 25.5 Å². The van der Waals surface area contributed by atoms with Gasteiger partial charge in [0.1, 0.15) is 125 Å². The van der Waals surface area contributed by atoms with Crippen molar-refractivity contribution in [2.45, 2.75) is 63.5 Å². The van der Waals surface area contributed by atoms with E-state index < -0.39 is 108 Å². The van der Waals surface area contributed by atoms with Crippen LogP contribution in [-0.4, -0.2) is 136 Å². The Balaban J connectivity index is 1.08. The van der Waals surface area contributed by atoms with Gasteiger partial charge in [0.2, 0.25) is 5.91 Å². The number of nitrogens with zero attached hydrogens (tertiary/aromatic N) is 6. The molecule has 11 rings (SSSR count). The van der Waals surface area contributed by atoms with E-state index in [1.165, 1.54) is 48.5 Å². The lowest BCUT2D eigenvalue weighted by molar-refractivity contribution is -0.166. The van der Waals surface area contributed by atoms with Crippen molar-refractivity contribution in [3.8, 4) is 38.4 Å². The summed E-state index contributed by atoms with van der Waals surface area (Å²) in [7, 11) is 1.31. The highest BCUT2D eigenvalue weighted by Crippen LogP contribution is 2.42. The molecule has 8 aromatic rings. The van der Waals surface area contributed by atoms with Gasteiger partial charge in [-0.1, -0.05) is 18.7 Å². The summed E-state index contributed by atoms with van der Waals surface area (Å²) in [6, 6.07) is 1.77. The third-order valence-corrected chi connectivity index (χ3v) is 17.8. The fourth-order valence-corrected chi connectivity index (χ4v) is 13.1. The number of aromatic nitrogens is 7. The van der Waals surface area contributed by atoms with Crippen LogP contribution in [-0.2, 0) is 46.5 Å². The maximum atomic E-state index is 14.6. The molecular weight excluding hydrogens is 1210 g/mol. The van der Waals surface area contributed by atoms with Crippen molar-refractivity contribution >= 4 is 121 Å². The van der Waals surface area contributed by atoms with Crippen molar-refractivity contribution in [2.75, 3.05) is 13.7 Å². The Morgan fingerprint density at radius 3 is 2.24 bits per heavy atom.